The third-order valence-electron chi connectivity index (χ3n) is 2.56. The van der Waals surface area contributed by atoms with Gasteiger partial charge in [-0.1, -0.05) is 0 Å². The molecule has 0 saturated carbocycles. The number of aromatic nitrogens is 1. The Hall–Kier alpha value is -1.13. The van der Waals surface area contributed by atoms with E-state index in [1.165, 1.54) is 0 Å². The van der Waals surface area contributed by atoms with Crippen molar-refractivity contribution in [3.63, 3.8) is 0 Å². The number of aromatic hydroxyl groups is 1. The van der Waals surface area contributed by atoms with Crippen molar-refractivity contribution in [2.45, 2.75) is 33.4 Å². The van der Waals surface area contributed by atoms with Gasteiger partial charge >= 0.3 is 0 Å². The Morgan fingerprint density at radius 1 is 1.38 bits per heavy atom. The summed E-state index contributed by atoms with van der Waals surface area (Å²) in [5.74, 6) is 0.217. The molecule has 0 aliphatic rings. The van der Waals surface area contributed by atoms with Crippen LogP contribution >= 0.6 is 0 Å². The van der Waals surface area contributed by atoms with E-state index in [9.17, 15) is 5.11 Å². The highest BCUT2D eigenvalue weighted by Crippen LogP contribution is 2.17. The Balaban J connectivity index is 2.80. The highest BCUT2D eigenvalue weighted by molar-refractivity contribution is 5.27. The normalized spacial score (nSPS) is 11.4. The SMILES string of the molecule is Cc1ccc(O)c(CN(CCO)C(C)C)n1. The summed E-state index contributed by atoms with van der Waals surface area (Å²) in [6.07, 6.45) is 0. The molecule has 0 fully saturated rings. The number of nitrogens with zero attached hydrogens (tertiary/aromatic N) is 2. The Morgan fingerprint density at radius 2 is 2.06 bits per heavy atom. The van der Waals surface area contributed by atoms with Crippen LogP contribution in [-0.2, 0) is 6.54 Å². The van der Waals surface area contributed by atoms with Gasteiger partial charge in [-0.05, 0) is 32.9 Å². The number of aliphatic hydroxyl groups excluding tert-OH is 1. The summed E-state index contributed by atoms with van der Waals surface area (Å²) < 4.78 is 0. The Bertz CT molecular complexity index is 340. The number of hydrogen-bond donors (Lipinski definition) is 2. The predicted octanol–water partition coefficient (Wildman–Crippen LogP) is 1.30. The van der Waals surface area contributed by atoms with Gasteiger partial charge in [-0.25, -0.2) is 0 Å². The van der Waals surface area contributed by atoms with Crippen LogP contribution in [-0.4, -0.2) is 39.3 Å². The maximum atomic E-state index is 9.68. The number of aliphatic hydroxyl groups is 1. The van der Waals surface area contributed by atoms with Gasteiger partial charge in [-0.3, -0.25) is 9.88 Å². The second kappa shape index (κ2) is 5.82. The van der Waals surface area contributed by atoms with Crippen molar-refractivity contribution in [2.75, 3.05) is 13.2 Å². The third kappa shape index (κ3) is 3.47. The highest BCUT2D eigenvalue weighted by atomic mass is 16.3. The lowest BCUT2D eigenvalue weighted by Gasteiger charge is -2.25. The minimum absolute atomic E-state index is 0.116. The van der Waals surface area contributed by atoms with Crippen molar-refractivity contribution in [3.8, 4) is 5.75 Å². The van der Waals surface area contributed by atoms with Gasteiger partial charge in [-0.15, -0.1) is 0 Å². The maximum absolute atomic E-state index is 9.68. The van der Waals surface area contributed by atoms with Gasteiger partial charge in [0.1, 0.15) is 5.75 Å². The van der Waals surface area contributed by atoms with Crippen LogP contribution in [0.2, 0.25) is 0 Å². The number of aryl methyl sites for hydroxylation is 1. The van der Waals surface area contributed by atoms with Gasteiger partial charge in [-0.2, -0.15) is 0 Å². The smallest absolute Gasteiger partial charge is 0.138 e. The first-order valence-electron chi connectivity index (χ1n) is 5.55. The molecule has 0 aromatic carbocycles. The zero-order chi connectivity index (χ0) is 12.1. The average Bonchev–Trinajstić information content (AvgIpc) is 2.22. The van der Waals surface area contributed by atoms with Crippen molar-refractivity contribution in [3.05, 3.63) is 23.5 Å². The maximum Gasteiger partial charge on any atom is 0.138 e. The van der Waals surface area contributed by atoms with E-state index in [0.717, 1.165) is 5.69 Å². The molecule has 1 rings (SSSR count). The van der Waals surface area contributed by atoms with Crippen LogP contribution in [0.15, 0.2) is 12.1 Å². The fourth-order valence-electron chi connectivity index (χ4n) is 1.56. The lowest BCUT2D eigenvalue weighted by molar-refractivity contribution is 0.156. The van der Waals surface area contributed by atoms with E-state index in [0.29, 0.717) is 24.8 Å². The van der Waals surface area contributed by atoms with Gasteiger partial charge < -0.3 is 10.2 Å². The highest BCUT2D eigenvalue weighted by Gasteiger charge is 2.12. The van der Waals surface area contributed by atoms with E-state index >= 15 is 0 Å². The first-order valence-corrected chi connectivity index (χ1v) is 5.55. The molecule has 0 spiro atoms. The number of pyridine rings is 1. The van der Waals surface area contributed by atoms with Crippen molar-refractivity contribution in [1.82, 2.24) is 9.88 Å². The molecule has 0 aliphatic heterocycles. The fraction of sp³-hybridized carbons (Fsp3) is 0.583. The lowest BCUT2D eigenvalue weighted by Crippen LogP contribution is -2.33. The second-order valence-electron chi connectivity index (χ2n) is 4.21. The standard InChI is InChI=1S/C12H20N2O2/c1-9(2)14(6-7-15)8-11-12(16)5-4-10(3)13-11/h4-5,9,15-16H,6-8H2,1-3H3. The Kier molecular flexibility index (Phi) is 4.71. The summed E-state index contributed by atoms with van der Waals surface area (Å²) in [6, 6.07) is 3.76. The molecule has 4 heteroatoms. The lowest BCUT2D eigenvalue weighted by atomic mass is 10.2. The van der Waals surface area contributed by atoms with Crippen molar-refractivity contribution >= 4 is 0 Å². The summed E-state index contributed by atoms with van der Waals surface area (Å²) in [4.78, 5) is 6.37. The zero-order valence-electron chi connectivity index (χ0n) is 10.1. The molecule has 2 N–H and O–H groups in total. The van der Waals surface area contributed by atoms with Crippen LogP contribution in [0.5, 0.6) is 5.75 Å². The van der Waals surface area contributed by atoms with E-state index in [-0.39, 0.29) is 12.4 Å². The Labute approximate surface area is 96.6 Å². The van der Waals surface area contributed by atoms with Crippen LogP contribution in [0, 0.1) is 6.92 Å². The van der Waals surface area contributed by atoms with Gasteiger partial charge in [0.2, 0.25) is 0 Å². The third-order valence-corrected chi connectivity index (χ3v) is 2.56. The molecule has 1 aromatic rings. The van der Waals surface area contributed by atoms with Gasteiger partial charge in [0.05, 0.1) is 12.3 Å². The Morgan fingerprint density at radius 3 is 2.62 bits per heavy atom. The van der Waals surface area contributed by atoms with Gasteiger partial charge in [0, 0.05) is 24.8 Å². The van der Waals surface area contributed by atoms with Crippen LogP contribution in [0.3, 0.4) is 0 Å². The number of rotatable bonds is 5. The minimum atomic E-state index is 0.116. The predicted molar refractivity (Wildman–Crippen MR) is 63.3 cm³/mol. The molecule has 16 heavy (non-hydrogen) atoms. The van der Waals surface area contributed by atoms with E-state index in [2.05, 4.69) is 23.7 Å². The van der Waals surface area contributed by atoms with Crippen LogP contribution in [0.1, 0.15) is 25.2 Å². The molecule has 0 radical (unpaired) electrons. The molecular formula is C12H20N2O2. The van der Waals surface area contributed by atoms with Crippen LogP contribution in [0.25, 0.3) is 0 Å². The monoisotopic (exact) mass is 224 g/mol. The van der Waals surface area contributed by atoms with Crippen LogP contribution < -0.4 is 0 Å². The average molecular weight is 224 g/mol. The van der Waals surface area contributed by atoms with Gasteiger partial charge in [0.15, 0.2) is 0 Å². The number of hydrogen-bond acceptors (Lipinski definition) is 4. The minimum Gasteiger partial charge on any atom is -0.506 e. The quantitative estimate of drug-likeness (QED) is 0.791. The van der Waals surface area contributed by atoms with E-state index in [4.69, 9.17) is 5.11 Å². The molecule has 0 amide bonds. The molecule has 1 heterocycles. The van der Waals surface area contributed by atoms with E-state index in [1.54, 1.807) is 12.1 Å². The second-order valence-corrected chi connectivity index (χ2v) is 4.21. The summed E-state index contributed by atoms with van der Waals surface area (Å²) in [5.41, 5.74) is 1.56. The molecule has 4 nitrogen and oxygen atoms in total. The first-order chi connectivity index (χ1) is 7.54. The molecule has 90 valence electrons. The van der Waals surface area contributed by atoms with E-state index < -0.39 is 0 Å². The first kappa shape index (κ1) is 12.9. The fourth-order valence-corrected chi connectivity index (χ4v) is 1.56. The van der Waals surface area contributed by atoms with Crippen molar-refractivity contribution < 1.29 is 10.2 Å². The molecule has 0 atom stereocenters. The molecule has 0 saturated heterocycles. The summed E-state index contributed by atoms with van der Waals surface area (Å²) in [7, 11) is 0. The zero-order valence-corrected chi connectivity index (χ0v) is 10.1. The van der Waals surface area contributed by atoms with Crippen LogP contribution in [0.4, 0.5) is 0 Å². The van der Waals surface area contributed by atoms with Crippen molar-refractivity contribution in [2.24, 2.45) is 0 Å². The molecule has 1 aromatic heterocycles. The van der Waals surface area contributed by atoms with E-state index in [1.807, 2.05) is 6.92 Å². The molecule has 0 aliphatic carbocycles. The van der Waals surface area contributed by atoms with Crippen molar-refractivity contribution in [1.29, 1.82) is 0 Å². The van der Waals surface area contributed by atoms with Gasteiger partial charge in [0.25, 0.3) is 0 Å². The molecular weight excluding hydrogens is 204 g/mol. The largest absolute Gasteiger partial charge is 0.506 e. The molecule has 0 unspecified atom stereocenters. The summed E-state index contributed by atoms with van der Waals surface area (Å²) in [6.45, 7) is 7.28. The molecule has 0 bridgehead atoms. The summed E-state index contributed by atoms with van der Waals surface area (Å²) >= 11 is 0. The topological polar surface area (TPSA) is 56.6 Å². The summed E-state index contributed by atoms with van der Waals surface area (Å²) in [5, 5.41) is 18.6.